The zero-order chi connectivity index (χ0) is 23.9. The second-order valence-corrected chi connectivity index (χ2v) is 9.48. The Labute approximate surface area is 191 Å². The molecule has 2 fully saturated rings. The predicted molar refractivity (Wildman–Crippen MR) is 117 cm³/mol. The summed E-state index contributed by atoms with van der Waals surface area (Å²) in [7, 11) is 0. The van der Waals surface area contributed by atoms with Crippen LogP contribution in [-0.4, -0.2) is 50.9 Å². The highest BCUT2D eigenvalue weighted by molar-refractivity contribution is 5.95. The third-order valence-corrected chi connectivity index (χ3v) is 7.24. The minimum Gasteiger partial charge on any atom is -0.395 e. The van der Waals surface area contributed by atoms with Gasteiger partial charge in [-0.25, -0.2) is 0 Å². The number of benzene rings is 1. The van der Waals surface area contributed by atoms with Gasteiger partial charge in [-0.3, -0.25) is 9.78 Å². The van der Waals surface area contributed by atoms with Crippen molar-refractivity contribution < 1.29 is 28.2 Å². The lowest BCUT2D eigenvalue weighted by Gasteiger charge is -2.42. The van der Waals surface area contributed by atoms with Crippen molar-refractivity contribution in [2.75, 3.05) is 6.61 Å². The smallest absolute Gasteiger partial charge is 0.395 e. The van der Waals surface area contributed by atoms with E-state index in [4.69, 9.17) is 0 Å². The molecule has 1 heterocycles. The Kier molecular flexibility index (Phi) is 6.26. The Balaban J connectivity index is 1.50. The summed E-state index contributed by atoms with van der Waals surface area (Å²) in [4.78, 5) is 19.7. The van der Waals surface area contributed by atoms with Crippen LogP contribution in [0.25, 0.3) is 0 Å². The van der Waals surface area contributed by atoms with E-state index in [1.807, 2.05) is 23.1 Å². The Bertz CT molecular complexity index is 965. The second-order valence-electron chi connectivity index (χ2n) is 9.48. The molecule has 0 spiro atoms. The molecular weight excluding hydrogens is 433 g/mol. The molecule has 8 heteroatoms. The number of carbonyl (C=O) groups excluding carboxylic acids is 1. The third-order valence-electron chi connectivity index (χ3n) is 7.24. The Morgan fingerprint density at radius 3 is 2.15 bits per heavy atom. The first-order chi connectivity index (χ1) is 15.6. The summed E-state index contributed by atoms with van der Waals surface area (Å²) in [5.41, 5.74) is -2.52. The molecule has 1 atom stereocenters. The molecule has 2 aliphatic carbocycles. The molecule has 5 nitrogen and oxygen atoms in total. The van der Waals surface area contributed by atoms with Gasteiger partial charge in [-0.15, -0.1) is 0 Å². The maximum absolute atomic E-state index is 13.4. The summed E-state index contributed by atoms with van der Waals surface area (Å²) in [5, 5.41) is 20.0. The fourth-order valence-corrected chi connectivity index (χ4v) is 4.84. The fourth-order valence-electron chi connectivity index (χ4n) is 4.84. The average molecular weight is 463 g/mol. The van der Waals surface area contributed by atoms with E-state index in [-0.39, 0.29) is 30.2 Å². The van der Waals surface area contributed by atoms with E-state index in [0.29, 0.717) is 25.3 Å². The van der Waals surface area contributed by atoms with Crippen molar-refractivity contribution in [3.05, 3.63) is 65.5 Å². The molecule has 1 aromatic carbocycles. The van der Waals surface area contributed by atoms with E-state index in [0.717, 1.165) is 31.4 Å². The summed E-state index contributed by atoms with van der Waals surface area (Å²) in [6, 6.07) is 10.9. The van der Waals surface area contributed by atoms with Gasteiger partial charge in [0.2, 0.25) is 0 Å². The van der Waals surface area contributed by atoms with Crippen LogP contribution in [0.2, 0.25) is 0 Å². The molecule has 2 N–H and O–H groups in total. The van der Waals surface area contributed by atoms with Crippen molar-refractivity contribution >= 4 is 5.91 Å². The monoisotopic (exact) mass is 462 g/mol. The van der Waals surface area contributed by atoms with Crippen LogP contribution in [0.15, 0.2) is 48.7 Å². The topological polar surface area (TPSA) is 73.7 Å². The summed E-state index contributed by atoms with van der Waals surface area (Å²) in [6.07, 6.45) is 1.58. The van der Waals surface area contributed by atoms with Gasteiger partial charge in [-0.2, -0.15) is 13.2 Å². The Morgan fingerprint density at radius 1 is 1.06 bits per heavy atom. The second kappa shape index (κ2) is 8.72. The molecule has 0 radical (unpaired) electrons. The first-order valence-corrected chi connectivity index (χ1v) is 11.3. The van der Waals surface area contributed by atoms with Gasteiger partial charge in [0.25, 0.3) is 5.91 Å². The van der Waals surface area contributed by atoms with Crippen molar-refractivity contribution in [1.82, 2.24) is 9.88 Å². The zero-order valence-corrected chi connectivity index (χ0v) is 18.6. The largest absolute Gasteiger partial charge is 0.421 e. The van der Waals surface area contributed by atoms with E-state index >= 15 is 0 Å². The highest BCUT2D eigenvalue weighted by Gasteiger charge is 2.51. The molecule has 0 unspecified atom stereocenters. The molecule has 4 rings (SSSR count). The van der Waals surface area contributed by atoms with E-state index < -0.39 is 17.2 Å². The molecule has 2 aliphatic rings. The number of halogens is 3. The molecule has 1 amide bonds. The normalized spacial score (nSPS) is 25.3. The lowest BCUT2D eigenvalue weighted by Crippen LogP contribution is -2.47. The van der Waals surface area contributed by atoms with E-state index in [9.17, 15) is 28.2 Å². The van der Waals surface area contributed by atoms with E-state index in [2.05, 4.69) is 4.98 Å². The van der Waals surface area contributed by atoms with Gasteiger partial charge in [-0.05, 0) is 75.3 Å². The number of aliphatic hydroxyl groups is 2. The van der Waals surface area contributed by atoms with Gasteiger partial charge in [0.1, 0.15) is 0 Å². The lowest BCUT2D eigenvalue weighted by molar-refractivity contribution is -0.258. The van der Waals surface area contributed by atoms with Crippen LogP contribution in [0.5, 0.6) is 0 Å². The molecule has 2 saturated carbocycles. The highest BCUT2D eigenvalue weighted by Crippen LogP contribution is 2.43. The number of pyridine rings is 1. The number of amides is 1. The zero-order valence-electron chi connectivity index (χ0n) is 18.6. The van der Waals surface area contributed by atoms with Crippen LogP contribution >= 0.6 is 0 Å². The van der Waals surface area contributed by atoms with Crippen molar-refractivity contribution in [3.8, 4) is 0 Å². The van der Waals surface area contributed by atoms with Gasteiger partial charge in [0.15, 0.2) is 5.60 Å². The minimum atomic E-state index is -4.81. The molecule has 178 valence electrons. The van der Waals surface area contributed by atoms with Crippen LogP contribution in [0, 0.1) is 0 Å². The summed E-state index contributed by atoms with van der Waals surface area (Å²) < 4.78 is 39.4. The molecule has 0 saturated heterocycles. The SMILES string of the molecule is C[C@](O)(c1ccc(C(=O)N(C2CC2)[C@H]2CC[C@@](CO)(c3ccccn3)CC2)cc1)C(F)(F)F. The number of rotatable bonds is 6. The fraction of sp³-hybridized carbons (Fsp3) is 0.520. The Morgan fingerprint density at radius 2 is 1.67 bits per heavy atom. The predicted octanol–water partition coefficient (Wildman–Crippen LogP) is 4.33. The minimum absolute atomic E-state index is 0.00525. The number of aliphatic hydroxyl groups excluding tert-OH is 1. The Hall–Kier alpha value is -2.45. The van der Waals surface area contributed by atoms with Crippen molar-refractivity contribution in [2.24, 2.45) is 0 Å². The van der Waals surface area contributed by atoms with Crippen LogP contribution in [0.4, 0.5) is 13.2 Å². The lowest BCUT2D eigenvalue weighted by atomic mass is 9.70. The summed E-state index contributed by atoms with van der Waals surface area (Å²) in [5.74, 6) is -0.199. The average Bonchev–Trinajstić information content (AvgIpc) is 3.65. The van der Waals surface area contributed by atoms with Crippen LogP contribution in [0.3, 0.4) is 0 Å². The highest BCUT2D eigenvalue weighted by atomic mass is 19.4. The van der Waals surface area contributed by atoms with Crippen LogP contribution < -0.4 is 0 Å². The number of carbonyl (C=O) groups is 1. The van der Waals surface area contributed by atoms with Gasteiger partial charge in [0.05, 0.1) is 6.61 Å². The maximum atomic E-state index is 13.4. The van der Waals surface area contributed by atoms with Gasteiger partial charge in [-0.1, -0.05) is 18.2 Å². The molecule has 33 heavy (non-hydrogen) atoms. The third kappa shape index (κ3) is 4.51. The van der Waals surface area contributed by atoms with E-state index in [1.165, 1.54) is 24.3 Å². The molecule has 0 aliphatic heterocycles. The van der Waals surface area contributed by atoms with Gasteiger partial charge >= 0.3 is 6.18 Å². The number of hydrogen-bond donors (Lipinski definition) is 2. The number of hydrogen-bond acceptors (Lipinski definition) is 4. The van der Waals surface area contributed by atoms with Gasteiger partial charge < -0.3 is 15.1 Å². The summed E-state index contributed by atoms with van der Waals surface area (Å²) in [6.45, 7) is 0.700. The standard InChI is InChI=1S/C25H29F3N2O3/c1-23(33,25(26,27)28)18-7-5-17(6-8-18)22(32)30(19-9-10-19)20-11-13-24(16-31,14-12-20)21-4-2-3-15-29-21/h2-8,15,19-20,31,33H,9-14,16H2,1H3/t20-,23-,24+/m0/s1. The summed E-state index contributed by atoms with van der Waals surface area (Å²) >= 11 is 0. The molecule has 1 aromatic heterocycles. The van der Waals surface area contributed by atoms with E-state index in [1.54, 1.807) is 6.20 Å². The molecule has 2 aromatic rings. The number of nitrogens with zero attached hydrogens (tertiary/aromatic N) is 2. The maximum Gasteiger partial charge on any atom is 0.421 e. The molecule has 0 bridgehead atoms. The quantitative estimate of drug-likeness (QED) is 0.670. The first kappa shape index (κ1) is 23.7. The van der Waals surface area contributed by atoms with Crippen molar-refractivity contribution in [1.29, 1.82) is 0 Å². The first-order valence-electron chi connectivity index (χ1n) is 11.3. The number of aromatic nitrogens is 1. The van der Waals surface area contributed by atoms with Crippen LogP contribution in [-0.2, 0) is 11.0 Å². The molecular formula is C25H29F3N2O3. The van der Waals surface area contributed by atoms with Gasteiger partial charge in [0, 0.05) is 35.0 Å². The van der Waals surface area contributed by atoms with Crippen molar-refractivity contribution in [2.45, 2.75) is 74.7 Å². The number of alkyl halides is 3. The van der Waals surface area contributed by atoms with Crippen molar-refractivity contribution in [3.63, 3.8) is 0 Å². The van der Waals surface area contributed by atoms with Crippen LogP contribution in [0.1, 0.15) is 67.1 Å².